The minimum atomic E-state index is -4.22. The molecule has 3 atom stereocenters. The summed E-state index contributed by atoms with van der Waals surface area (Å²) in [6.45, 7) is 14.2. The number of fused-ring (bicyclic) bond motifs is 1. The predicted molar refractivity (Wildman–Crippen MR) is 194 cm³/mol. The van der Waals surface area contributed by atoms with Gasteiger partial charge in [-0.05, 0) is 109 Å². The van der Waals surface area contributed by atoms with E-state index < -0.39 is 57.4 Å². The van der Waals surface area contributed by atoms with Crippen LogP contribution in [0.3, 0.4) is 0 Å². The number of alkyl carbamates (subject to hydrolysis) is 1. The molecule has 3 aliphatic rings. The van der Waals surface area contributed by atoms with Crippen LogP contribution in [0.1, 0.15) is 85.3 Å². The molecule has 0 unspecified atom stereocenters. The molecule has 0 bridgehead atoms. The first-order valence-electron chi connectivity index (χ1n) is 17.7. The number of nitrogens with zero attached hydrogens (tertiary/aromatic N) is 3. The molecule has 1 saturated heterocycles. The summed E-state index contributed by atoms with van der Waals surface area (Å²) in [5.74, 6) is -1.08. The maximum Gasteiger partial charge on any atom is 0.437 e. The maximum absolute atomic E-state index is 14.4. The Bertz CT molecular complexity index is 1680. The number of ether oxygens (including phenoxy) is 3. The first-order valence-corrected chi connectivity index (χ1v) is 19.2. The van der Waals surface area contributed by atoms with Crippen molar-refractivity contribution in [1.82, 2.24) is 25.2 Å². The Morgan fingerprint density at radius 3 is 2.42 bits per heavy atom. The lowest BCUT2D eigenvalue weighted by molar-refractivity contribution is -0.156. The van der Waals surface area contributed by atoms with Crippen molar-refractivity contribution < 1.29 is 41.8 Å². The smallest absolute Gasteiger partial charge is 0.437 e. The minimum absolute atomic E-state index is 0.0251. The molecule has 288 valence electrons. The number of hydrogen-bond acceptors (Lipinski definition) is 10. The summed E-state index contributed by atoms with van der Waals surface area (Å²) in [5.41, 5.74) is 0.891. The molecule has 52 heavy (non-hydrogen) atoms. The highest BCUT2D eigenvalue weighted by Crippen LogP contribution is 2.27. The topological polar surface area (TPSA) is 185 Å². The molecule has 1 fully saturated rings. The van der Waals surface area contributed by atoms with Gasteiger partial charge in [-0.25, -0.2) is 22.8 Å². The predicted octanol–water partition coefficient (Wildman–Crippen LogP) is 3.62. The number of carbonyl (C=O) groups is 4. The summed E-state index contributed by atoms with van der Waals surface area (Å²) >= 11 is 0. The zero-order valence-electron chi connectivity index (χ0n) is 31.5. The van der Waals surface area contributed by atoms with Crippen molar-refractivity contribution in [2.45, 2.75) is 115 Å². The molecule has 0 aromatic heterocycles. The fourth-order valence-corrected chi connectivity index (χ4v) is 7.61. The van der Waals surface area contributed by atoms with E-state index in [2.05, 4.69) is 20.3 Å². The van der Waals surface area contributed by atoms with Crippen LogP contribution in [0.15, 0.2) is 39.7 Å². The molecule has 0 saturated carbocycles. The third-order valence-corrected chi connectivity index (χ3v) is 10.3. The summed E-state index contributed by atoms with van der Waals surface area (Å²) in [6.07, 6.45) is 2.29. The van der Waals surface area contributed by atoms with Crippen LogP contribution in [-0.2, 0) is 46.8 Å². The van der Waals surface area contributed by atoms with E-state index in [0.717, 1.165) is 24.1 Å². The monoisotopic (exact) mass is 746 g/mol. The van der Waals surface area contributed by atoms with Crippen molar-refractivity contribution in [2.24, 2.45) is 10.9 Å². The van der Waals surface area contributed by atoms with Gasteiger partial charge in [0.1, 0.15) is 23.3 Å². The molecule has 3 heterocycles. The maximum atomic E-state index is 14.4. The number of rotatable bonds is 7. The third-order valence-electron chi connectivity index (χ3n) is 8.79. The molecule has 1 aromatic carbocycles. The van der Waals surface area contributed by atoms with Crippen molar-refractivity contribution in [3.8, 4) is 0 Å². The van der Waals surface area contributed by atoms with E-state index in [-0.39, 0.29) is 36.3 Å². The van der Waals surface area contributed by atoms with Crippen molar-refractivity contribution >= 4 is 40.0 Å². The van der Waals surface area contributed by atoms with Crippen LogP contribution in [0.2, 0.25) is 0 Å². The van der Waals surface area contributed by atoms with Crippen LogP contribution in [-0.4, -0.2) is 105 Å². The molecule has 1 aromatic rings. The number of hydrogen-bond donors (Lipinski definition) is 3. The Balaban J connectivity index is 1.65. The van der Waals surface area contributed by atoms with Gasteiger partial charge in [-0.1, -0.05) is 24.6 Å². The molecular formula is C36H54N6O9S. The van der Waals surface area contributed by atoms with Crippen LogP contribution >= 0.6 is 0 Å². The highest BCUT2D eigenvalue weighted by atomic mass is 32.2. The average Bonchev–Trinajstić information content (AvgIpc) is 3.05. The molecule has 15 nitrogen and oxygen atoms in total. The van der Waals surface area contributed by atoms with Crippen molar-refractivity contribution in [3.63, 3.8) is 0 Å². The molecular weight excluding hydrogens is 692 g/mol. The summed E-state index contributed by atoms with van der Waals surface area (Å²) in [5, 5.41) is 5.82. The summed E-state index contributed by atoms with van der Waals surface area (Å²) < 4.78 is 46.4. The van der Waals surface area contributed by atoms with E-state index in [1.165, 1.54) is 18.1 Å². The molecule has 3 N–H and O–H groups in total. The van der Waals surface area contributed by atoms with Gasteiger partial charge in [-0.3, -0.25) is 10.1 Å². The number of amides is 3. The van der Waals surface area contributed by atoms with Crippen molar-refractivity contribution in [2.75, 3.05) is 33.3 Å². The van der Waals surface area contributed by atoms with E-state index in [1.54, 1.807) is 58.6 Å². The van der Waals surface area contributed by atoms with Gasteiger partial charge in [-0.15, -0.1) is 4.99 Å². The largest absolute Gasteiger partial charge is 0.467 e. The van der Waals surface area contributed by atoms with Gasteiger partial charge in [0.05, 0.1) is 12.0 Å². The number of likely N-dealkylation sites (tertiary alicyclic amines) is 1. The zero-order valence-corrected chi connectivity index (χ0v) is 32.4. The molecule has 0 radical (unpaired) electrons. The van der Waals surface area contributed by atoms with Gasteiger partial charge in [0.2, 0.25) is 21.9 Å². The standard InChI is InChI=1S/C36H54N6O9S/c1-23-14-17-42(29(18-23)31(44)49-8)30(43)28(40-52(47,48)27-12-11-25-13-15-37-21-26(25)20-27)19-24-10-9-16-41(22-24)32(38-33(45)50-35(2,3)4)39-34(46)51-36(5,6)7/h10-12,20,23,28-29,37,40H,9,13-19,21-22H2,1-8H3,(H,38,39,45,46)/t23-,28+,29+/m1/s1. The number of piperidine rings is 1. The SMILES string of the molecule is COC(=O)[C@@H]1C[C@H](C)CCN1C(=O)[C@H](CC1=CCCN(C(=NC(=O)OC(C)(C)C)NC(=O)OC(C)(C)C)C1)NS(=O)(=O)c1ccc2c(c1)CNCC2. The number of guanidine groups is 1. The van der Waals surface area contributed by atoms with Crippen molar-refractivity contribution in [3.05, 3.63) is 41.0 Å². The molecule has 0 spiro atoms. The second kappa shape index (κ2) is 16.8. The Kier molecular flexibility index (Phi) is 13.1. The molecule has 3 amide bonds. The van der Waals surface area contributed by atoms with E-state index >= 15 is 0 Å². The zero-order chi connectivity index (χ0) is 38.4. The van der Waals surface area contributed by atoms with E-state index in [4.69, 9.17) is 14.2 Å². The number of methoxy groups -OCH3 is 1. The lowest BCUT2D eigenvalue weighted by Gasteiger charge is -2.39. The van der Waals surface area contributed by atoms with Gasteiger partial charge in [0.25, 0.3) is 0 Å². The average molecular weight is 747 g/mol. The highest BCUT2D eigenvalue weighted by Gasteiger charge is 2.40. The lowest BCUT2D eigenvalue weighted by Crippen LogP contribution is -2.57. The fourth-order valence-electron chi connectivity index (χ4n) is 6.37. The van der Waals surface area contributed by atoms with E-state index in [1.807, 2.05) is 13.0 Å². The molecule has 4 rings (SSSR count). The molecule has 3 aliphatic heterocycles. The first kappa shape index (κ1) is 40.7. The summed E-state index contributed by atoms with van der Waals surface area (Å²) in [7, 11) is -2.96. The Labute approximate surface area is 306 Å². The molecule has 0 aliphatic carbocycles. The van der Waals surface area contributed by atoms with Gasteiger partial charge < -0.3 is 29.3 Å². The third kappa shape index (κ3) is 11.5. The Hall–Kier alpha value is -4.02. The second-order valence-electron chi connectivity index (χ2n) is 15.6. The number of carbonyl (C=O) groups excluding carboxylic acids is 4. The fraction of sp³-hybridized carbons (Fsp3) is 0.639. The first-order chi connectivity index (χ1) is 24.2. The Morgan fingerprint density at radius 2 is 1.75 bits per heavy atom. The van der Waals surface area contributed by atoms with Crippen LogP contribution in [0.25, 0.3) is 0 Å². The normalized spacial score (nSPS) is 20.6. The summed E-state index contributed by atoms with van der Waals surface area (Å²) in [6, 6.07) is 2.79. The van der Waals surface area contributed by atoms with E-state index in [0.29, 0.717) is 37.9 Å². The van der Waals surface area contributed by atoms with Gasteiger partial charge >= 0.3 is 18.2 Å². The van der Waals surface area contributed by atoms with Crippen LogP contribution in [0.5, 0.6) is 0 Å². The molecule has 16 heteroatoms. The highest BCUT2D eigenvalue weighted by molar-refractivity contribution is 7.89. The van der Waals surface area contributed by atoms with Crippen LogP contribution in [0.4, 0.5) is 9.59 Å². The number of sulfonamides is 1. The van der Waals surface area contributed by atoms with Gasteiger partial charge in [0, 0.05) is 26.2 Å². The van der Waals surface area contributed by atoms with Gasteiger partial charge in [0.15, 0.2) is 0 Å². The second-order valence-corrected chi connectivity index (χ2v) is 17.3. The Morgan fingerprint density at radius 1 is 1.04 bits per heavy atom. The lowest BCUT2D eigenvalue weighted by atomic mass is 9.91. The quantitative estimate of drug-likeness (QED) is 0.122. The number of benzene rings is 1. The van der Waals surface area contributed by atoms with E-state index in [9.17, 15) is 27.6 Å². The van der Waals surface area contributed by atoms with Crippen LogP contribution in [0, 0.1) is 5.92 Å². The number of esters is 1. The number of nitrogens with one attached hydrogen (secondary N) is 3. The summed E-state index contributed by atoms with van der Waals surface area (Å²) in [4.78, 5) is 60.1. The van der Waals surface area contributed by atoms with Gasteiger partial charge in [-0.2, -0.15) is 4.72 Å². The number of aliphatic imine (C=N–C) groups is 1. The van der Waals surface area contributed by atoms with Crippen LogP contribution < -0.4 is 15.4 Å². The van der Waals surface area contributed by atoms with Crippen molar-refractivity contribution in [1.29, 1.82) is 0 Å². The minimum Gasteiger partial charge on any atom is -0.467 e.